The van der Waals surface area contributed by atoms with E-state index >= 15 is 0 Å². The highest BCUT2D eigenvalue weighted by atomic mass is 32.1. The van der Waals surface area contributed by atoms with Gasteiger partial charge in [-0.3, -0.25) is 4.90 Å². The van der Waals surface area contributed by atoms with Gasteiger partial charge in [0.1, 0.15) is 0 Å². The Hall–Kier alpha value is -0.910. The zero-order valence-electron chi connectivity index (χ0n) is 11.3. The van der Waals surface area contributed by atoms with E-state index < -0.39 is 0 Å². The van der Waals surface area contributed by atoms with Crippen LogP contribution in [0.3, 0.4) is 0 Å². The second-order valence-electron chi connectivity index (χ2n) is 4.81. The molecule has 1 fully saturated rings. The van der Waals surface area contributed by atoms with Crippen molar-refractivity contribution in [2.45, 2.75) is 25.7 Å². The normalized spacial score (nSPS) is 17.3. The molecule has 0 aliphatic carbocycles. The van der Waals surface area contributed by atoms with Crippen LogP contribution in [0.4, 0.5) is 0 Å². The van der Waals surface area contributed by atoms with Crippen molar-refractivity contribution >= 4 is 17.6 Å². The van der Waals surface area contributed by atoms with Gasteiger partial charge in [-0.1, -0.05) is 11.6 Å². The third kappa shape index (κ3) is 5.30. The zero-order chi connectivity index (χ0) is 13.3. The molecule has 0 amide bonds. The van der Waals surface area contributed by atoms with Crippen molar-refractivity contribution in [1.82, 2.24) is 4.90 Å². The maximum Gasteiger partial charge on any atom is 0.0833 e. The van der Waals surface area contributed by atoms with Crippen LogP contribution >= 0.6 is 11.3 Å². The van der Waals surface area contributed by atoms with E-state index in [1.54, 1.807) is 11.3 Å². The second-order valence-corrected chi connectivity index (χ2v) is 6.01. The number of aryl methyl sites for hydroxylation is 1. The van der Waals surface area contributed by atoms with E-state index in [2.05, 4.69) is 16.1 Å². The molecule has 0 spiro atoms. The molecule has 1 aromatic rings. The molecule has 4 nitrogen and oxygen atoms in total. The van der Waals surface area contributed by atoms with E-state index in [-0.39, 0.29) is 0 Å². The molecule has 1 aliphatic heterocycles. The van der Waals surface area contributed by atoms with Crippen molar-refractivity contribution in [2.24, 2.45) is 5.16 Å². The minimum absolute atomic E-state index is 0.893. The van der Waals surface area contributed by atoms with E-state index in [4.69, 9.17) is 9.94 Å². The molecule has 106 valence electrons. The molecule has 2 heterocycles. The van der Waals surface area contributed by atoms with Crippen LogP contribution in [0.5, 0.6) is 0 Å². The fourth-order valence-corrected chi connectivity index (χ4v) is 3.21. The third-order valence-electron chi connectivity index (χ3n) is 3.37. The molecule has 1 saturated heterocycles. The van der Waals surface area contributed by atoms with Gasteiger partial charge >= 0.3 is 0 Å². The van der Waals surface area contributed by atoms with Gasteiger partial charge in [0.25, 0.3) is 0 Å². The smallest absolute Gasteiger partial charge is 0.0833 e. The predicted molar refractivity (Wildman–Crippen MR) is 78.5 cm³/mol. The summed E-state index contributed by atoms with van der Waals surface area (Å²) in [5.74, 6) is 0. The molecule has 1 aliphatic rings. The van der Waals surface area contributed by atoms with Crippen LogP contribution in [0.15, 0.2) is 17.3 Å². The maximum absolute atomic E-state index is 8.46. The Morgan fingerprint density at radius 3 is 2.89 bits per heavy atom. The van der Waals surface area contributed by atoms with Crippen LogP contribution in [-0.2, 0) is 11.2 Å². The first-order chi connectivity index (χ1) is 9.38. The molecular formula is C14H22N2O2S. The van der Waals surface area contributed by atoms with Gasteiger partial charge in [0.15, 0.2) is 0 Å². The molecule has 5 heteroatoms. The highest BCUT2D eigenvalue weighted by Crippen LogP contribution is 2.17. The minimum Gasteiger partial charge on any atom is -0.411 e. The topological polar surface area (TPSA) is 45.1 Å². The Morgan fingerprint density at radius 2 is 2.11 bits per heavy atom. The second kappa shape index (κ2) is 8.30. The largest absolute Gasteiger partial charge is 0.411 e. The number of morpholine rings is 1. The van der Waals surface area contributed by atoms with E-state index in [9.17, 15) is 0 Å². The number of oxime groups is 1. The van der Waals surface area contributed by atoms with E-state index in [0.717, 1.165) is 37.6 Å². The average Bonchev–Trinajstić information content (AvgIpc) is 2.88. The predicted octanol–water partition coefficient (Wildman–Crippen LogP) is 2.60. The van der Waals surface area contributed by atoms with Gasteiger partial charge in [-0.25, -0.2) is 0 Å². The third-order valence-corrected chi connectivity index (χ3v) is 4.45. The monoisotopic (exact) mass is 282 g/mol. The highest BCUT2D eigenvalue weighted by molar-refractivity contribution is 7.13. The van der Waals surface area contributed by atoms with Crippen molar-refractivity contribution in [1.29, 1.82) is 0 Å². The van der Waals surface area contributed by atoms with E-state index in [1.807, 2.05) is 6.07 Å². The number of hydrogen-bond donors (Lipinski definition) is 1. The first-order valence-corrected chi connectivity index (χ1v) is 7.76. The fraction of sp³-hybridized carbons (Fsp3) is 0.643. The van der Waals surface area contributed by atoms with Gasteiger partial charge < -0.3 is 9.94 Å². The summed E-state index contributed by atoms with van der Waals surface area (Å²) in [4.78, 5) is 4.89. The summed E-state index contributed by atoms with van der Waals surface area (Å²) in [5, 5.41) is 11.5. The zero-order valence-corrected chi connectivity index (χ0v) is 12.1. The van der Waals surface area contributed by atoms with Crippen molar-refractivity contribution in [3.8, 4) is 0 Å². The van der Waals surface area contributed by atoms with Crippen molar-refractivity contribution in [3.63, 3.8) is 0 Å². The standard InChI is InChI=1S/C14H22N2O2S/c17-15-12-14-6-5-13(19-14)4-2-1-3-7-16-8-10-18-11-9-16/h5-6,12,17H,1-4,7-11H2/b15-12+. The van der Waals surface area contributed by atoms with Gasteiger partial charge in [-0.2, -0.15) is 0 Å². The van der Waals surface area contributed by atoms with Gasteiger partial charge in [-0.15, -0.1) is 11.3 Å². The summed E-state index contributed by atoms with van der Waals surface area (Å²) in [6, 6.07) is 4.14. The number of unbranched alkanes of at least 4 members (excludes halogenated alkanes) is 2. The summed E-state index contributed by atoms with van der Waals surface area (Å²) in [6.07, 6.45) is 6.41. The number of hydrogen-bond acceptors (Lipinski definition) is 5. The molecule has 0 bridgehead atoms. The Morgan fingerprint density at radius 1 is 1.26 bits per heavy atom. The van der Waals surface area contributed by atoms with Crippen LogP contribution in [0.2, 0.25) is 0 Å². The molecule has 19 heavy (non-hydrogen) atoms. The van der Waals surface area contributed by atoms with Crippen molar-refractivity contribution in [3.05, 3.63) is 21.9 Å². The summed E-state index contributed by atoms with van der Waals surface area (Å²) < 4.78 is 5.34. The molecule has 0 radical (unpaired) electrons. The molecule has 1 N–H and O–H groups in total. The number of nitrogens with zero attached hydrogens (tertiary/aromatic N) is 2. The lowest BCUT2D eigenvalue weighted by molar-refractivity contribution is 0.0371. The lowest BCUT2D eigenvalue weighted by Gasteiger charge is -2.26. The van der Waals surface area contributed by atoms with Gasteiger partial charge in [-0.05, 0) is 37.9 Å². The van der Waals surface area contributed by atoms with Crippen LogP contribution in [0.25, 0.3) is 0 Å². The fourth-order valence-electron chi connectivity index (χ4n) is 2.29. The lowest BCUT2D eigenvalue weighted by Crippen LogP contribution is -2.36. The number of thiophene rings is 1. The Kier molecular flexibility index (Phi) is 6.33. The number of rotatable bonds is 7. The van der Waals surface area contributed by atoms with Crippen LogP contribution < -0.4 is 0 Å². The molecule has 1 aromatic heterocycles. The highest BCUT2D eigenvalue weighted by Gasteiger charge is 2.09. The van der Waals surface area contributed by atoms with Gasteiger partial charge in [0, 0.05) is 22.8 Å². The first kappa shape index (κ1) is 14.5. The lowest BCUT2D eigenvalue weighted by atomic mass is 10.1. The molecule has 0 atom stereocenters. The van der Waals surface area contributed by atoms with E-state index in [1.165, 1.54) is 36.9 Å². The van der Waals surface area contributed by atoms with Gasteiger partial charge in [0.2, 0.25) is 0 Å². The van der Waals surface area contributed by atoms with E-state index in [0.29, 0.717) is 0 Å². The van der Waals surface area contributed by atoms with Crippen LogP contribution in [0, 0.1) is 0 Å². The SMILES string of the molecule is O/N=C/c1ccc(CCCCCN2CCOCC2)s1. The van der Waals surface area contributed by atoms with Gasteiger partial charge in [0.05, 0.1) is 19.4 Å². The molecule has 0 aromatic carbocycles. The Labute approximate surface area is 118 Å². The maximum atomic E-state index is 8.46. The molecule has 0 saturated carbocycles. The first-order valence-electron chi connectivity index (χ1n) is 6.95. The summed E-state index contributed by atoms with van der Waals surface area (Å²) >= 11 is 1.71. The Balaban J connectivity index is 1.55. The molecular weight excluding hydrogens is 260 g/mol. The quantitative estimate of drug-likeness (QED) is 0.362. The average molecular weight is 282 g/mol. The van der Waals surface area contributed by atoms with Crippen LogP contribution in [-0.4, -0.2) is 49.2 Å². The minimum atomic E-state index is 0.893. The Bertz CT molecular complexity index is 387. The van der Waals surface area contributed by atoms with Crippen molar-refractivity contribution < 1.29 is 9.94 Å². The van der Waals surface area contributed by atoms with Crippen molar-refractivity contribution in [2.75, 3.05) is 32.8 Å². The number of ether oxygens (including phenoxy) is 1. The molecule has 2 rings (SSSR count). The molecule has 0 unspecified atom stereocenters. The summed E-state index contributed by atoms with van der Waals surface area (Å²) in [5.41, 5.74) is 0. The summed E-state index contributed by atoms with van der Waals surface area (Å²) in [6.45, 7) is 5.18. The summed E-state index contributed by atoms with van der Waals surface area (Å²) in [7, 11) is 0. The van der Waals surface area contributed by atoms with Crippen LogP contribution in [0.1, 0.15) is 29.0 Å².